The maximum Gasteiger partial charge on any atom is 0.217 e. The van der Waals surface area contributed by atoms with E-state index in [1.165, 1.54) is 17.2 Å². The van der Waals surface area contributed by atoms with E-state index in [9.17, 15) is 20.1 Å². The second-order valence-corrected chi connectivity index (χ2v) is 5.77. The normalized spacial score (nSPS) is 26.2. The van der Waals surface area contributed by atoms with Gasteiger partial charge < -0.3 is 31.1 Å². The molecule has 11 nitrogen and oxygen atoms in total. The molecule has 3 heterocycles. The van der Waals surface area contributed by atoms with Crippen molar-refractivity contribution < 1.29 is 24.9 Å². The van der Waals surface area contributed by atoms with Crippen molar-refractivity contribution in [1.29, 1.82) is 0 Å². The third kappa shape index (κ3) is 3.39. The van der Waals surface area contributed by atoms with Crippen molar-refractivity contribution >= 4 is 22.9 Å². The van der Waals surface area contributed by atoms with Crippen LogP contribution in [0.5, 0.6) is 0 Å². The van der Waals surface area contributed by atoms with Gasteiger partial charge in [-0.15, -0.1) is 0 Å². The molecule has 6 N–H and O–H groups in total. The highest BCUT2D eigenvalue weighted by molar-refractivity contribution is 5.82. The summed E-state index contributed by atoms with van der Waals surface area (Å²) in [7, 11) is 0. The number of hydrogen-bond donors (Lipinski definition) is 5. The van der Waals surface area contributed by atoms with Crippen LogP contribution >= 0.6 is 0 Å². The lowest BCUT2D eigenvalue weighted by molar-refractivity contribution is -0.118. The number of aliphatic hydroxyl groups excluding tert-OH is 3. The molecule has 11 heteroatoms. The minimum absolute atomic E-state index is 0.262. The van der Waals surface area contributed by atoms with Crippen molar-refractivity contribution in [2.75, 3.05) is 18.5 Å². The number of primary amides is 1. The molecule has 0 aromatic carbocycles. The lowest BCUT2D eigenvalue weighted by atomic mass is 10.1. The number of hydrogen-bond acceptors (Lipinski definition) is 9. The second-order valence-electron chi connectivity index (χ2n) is 5.77. The number of carbonyl (C=O) groups excluding carboxylic acids is 1. The van der Waals surface area contributed by atoms with Gasteiger partial charge in [-0.1, -0.05) is 0 Å². The first-order chi connectivity index (χ1) is 12.0. The van der Waals surface area contributed by atoms with Gasteiger partial charge in [0.15, 0.2) is 23.2 Å². The van der Waals surface area contributed by atoms with Gasteiger partial charge in [-0.05, 0) is 6.42 Å². The van der Waals surface area contributed by atoms with E-state index in [4.69, 9.17) is 10.5 Å². The van der Waals surface area contributed by atoms with Crippen LogP contribution in [-0.2, 0) is 9.53 Å². The quantitative estimate of drug-likeness (QED) is 0.358. The first kappa shape index (κ1) is 17.5. The second kappa shape index (κ2) is 7.27. The number of fused-ring (bicyclic) bond motifs is 1. The molecule has 0 radical (unpaired) electrons. The summed E-state index contributed by atoms with van der Waals surface area (Å²) in [4.78, 5) is 23.3. The van der Waals surface area contributed by atoms with Crippen molar-refractivity contribution in [3.63, 3.8) is 0 Å². The van der Waals surface area contributed by atoms with Gasteiger partial charge in [-0.3, -0.25) is 9.36 Å². The highest BCUT2D eigenvalue weighted by Gasteiger charge is 2.44. The van der Waals surface area contributed by atoms with Crippen LogP contribution in [-0.4, -0.2) is 72.2 Å². The summed E-state index contributed by atoms with van der Waals surface area (Å²) in [5, 5.41) is 32.3. The Bertz CT molecular complexity index is 752. The molecule has 1 amide bonds. The van der Waals surface area contributed by atoms with Gasteiger partial charge in [-0.2, -0.15) is 0 Å². The standard InChI is InChI=1S/C14H20N6O5/c15-8(22)2-1-3-16-12-9-13(18-5-17-12)20(6-19-9)14-11(24)10(23)7(4-21)25-14/h5-7,10-11,14,21,23-24H,1-4H2,(H2,15,22)(H,16,17,18)/t7-,10-,11-,14+/m1/s1. The number of ether oxygens (including phenoxy) is 1. The maximum atomic E-state index is 10.8. The van der Waals surface area contributed by atoms with Crippen LogP contribution in [0.1, 0.15) is 19.1 Å². The molecule has 136 valence electrons. The third-order valence-electron chi connectivity index (χ3n) is 4.04. The number of nitrogens with one attached hydrogen (secondary N) is 1. The zero-order valence-corrected chi connectivity index (χ0v) is 13.3. The van der Waals surface area contributed by atoms with E-state index in [0.29, 0.717) is 29.9 Å². The minimum Gasteiger partial charge on any atom is -0.394 e. The van der Waals surface area contributed by atoms with Crippen LogP contribution < -0.4 is 11.1 Å². The van der Waals surface area contributed by atoms with E-state index in [0.717, 1.165) is 0 Å². The first-order valence-corrected chi connectivity index (χ1v) is 7.85. The molecular formula is C14H20N6O5. The number of aliphatic hydroxyl groups is 3. The van der Waals surface area contributed by atoms with Gasteiger partial charge in [0.25, 0.3) is 0 Å². The predicted octanol–water partition coefficient (Wildman–Crippen LogP) is -1.88. The van der Waals surface area contributed by atoms with Crippen LogP contribution in [0.2, 0.25) is 0 Å². The Morgan fingerprint density at radius 3 is 2.80 bits per heavy atom. The number of nitrogens with two attached hydrogens (primary N) is 1. The lowest BCUT2D eigenvalue weighted by Gasteiger charge is -2.16. The van der Waals surface area contributed by atoms with Crippen LogP contribution in [0.25, 0.3) is 11.2 Å². The molecule has 2 aromatic heterocycles. The summed E-state index contributed by atoms with van der Waals surface area (Å²) in [6.07, 6.45) is -0.668. The maximum absolute atomic E-state index is 10.8. The Hall–Kier alpha value is -2.34. The average Bonchev–Trinajstić information content (AvgIpc) is 3.14. The lowest BCUT2D eigenvalue weighted by Crippen LogP contribution is -2.33. The summed E-state index contributed by atoms with van der Waals surface area (Å²) in [5.74, 6) is 0.100. The van der Waals surface area contributed by atoms with Crippen LogP contribution in [0.4, 0.5) is 5.82 Å². The molecule has 0 aliphatic carbocycles. The highest BCUT2D eigenvalue weighted by atomic mass is 16.6. The van der Waals surface area contributed by atoms with E-state index < -0.39 is 31.1 Å². The molecular weight excluding hydrogens is 332 g/mol. The minimum atomic E-state index is -1.23. The van der Waals surface area contributed by atoms with E-state index in [1.54, 1.807) is 0 Å². The molecule has 0 spiro atoms. The highest BCUT2D eigenvalue weighted by Crippen LogP contribution is 2.31. The SMILES string of the molecule is NC(=O)CCCNc1ncnc2c1ncn2[C@H]1O[C@H](CO)[C@@H](O)[C@H]1O. The number of carbonyl (C=O) groups is 1. The van der Waals surface area contributed by atoms with Crippen LogP contribution in [0, 0.1) is 0 Å². The van der Waals surface area contributed by atoms with Gasteiger partial charge in [-0.25, -0.2) is 15.0 Å². The summed E-state index contributed by atoms with van der Waals surface area (Å²) in [6, 6.07) is 0. The van der Waals surface area contributed by atoms with Crippen molar-refractivity contribution in [1.82, 2.24) is 19.5 Å². The van der Waals surface area contributed by atoms with Gasteiger partial charge in [0.1, 0.15) is 24.6 Å². The molecule has 1 fully saturated rings. The number of rotatable bonds is 7. The zero-order chi connectivity index (χ0) is 18.0. The largest absolute Gasteiger partial charge is 0.394 e. The fourth-order valence-corrected chi connectivity index (χ4v) is 2.75. The molecule has 2 aromatic rings. The number of aromatic nitrogens is 4. The topological polar surface area (TPSA) is 169 Å². The average molecular weight is 352 g/mol. The summed E-state index contributed by atoms with van der Waals surface area (Å²) >= 11 is 0. The van der Waals surface area contributed by atoms with Crippen molar-refractivity contribution in [2.45, 2.75) is 37.4 Å². The number of imidazole rings is 1. The van der Waals surface area contributed by atoms with E-state index in [2.05, 4.69) is 20.3 Å². The molecule has 4 atom stereocenters. The van der Waals surface area contributed by atoms with Gasteiger partial charge in [0, 0.05) is 13.0 Å². The predicted molar refractivity (Wildman–Crippen MR) is 85.3 cm³/mol. The molecule has 0 unspecified atom stereocenters. The molecule has 0 bridgehead atoms. The summed E-state index contributed by atoms with van der Waals surface area (Å²) in [5.41, 5.74) is 5.96. The molecule has 1 saturated heterocycles. The van der Waals surface area contributed by atoms with Gasteiger partial charge >= 0.3 is 0 Å². The third-order valence-corrected chi connectivity index (χ3v) is 4.04. The van der Waals surface area contributed by atoms with E-state index in [1.807, 2.05) is 0 Å². The van der Waals surface area contributed by atoms with Gasteiger partial charge in [0.05, 0.1) is 12.9 Å². The number of anilines is 1. The first-order valence-electron chi connectivity index (χ1n) is 7.85. The Morgan fingerprint density at radius 2 is 2.12 bits per heavy atom. The summed E-state index contributed by atoms with van der Waals surface area (Å²) < 4.78 is 6.97. The molecule has 1 aliphatic rings. The summed E-state index contributed by atoms with van der Waals surface area (Å²) in [6.45, 7) is 0.0682. The monoisotopic (exact) mass is 352 g/mol. The number of amides is 1. The Balaban J connectivity index is 1.80. The smallest absolute Gasteiger partial charge is 0.217 e. The number of nitrogens with zero attached hydrogens (tertiary/aromatic N) is 4. The Kier molecular flexibility index (Phi) is 5.08. The van der Waals surface area contributed by atoms with Gasteiger partial charge in [0.2, 0.25) is 5.91 Å². The van der Waals surface area contributed by atoms with Crippen LogP contribution in [0.15, 0.2) is 12.7 Å². The molecule has 1 aliphatic heterocycles. The zero-order valence-electron chi connectivity index (χ0n) is 13.3. The fraction of sp³-hybridized carbons (Fsp3) is 0.571. The van der Waals surface area contributed by atoms with Crippen molar-refractivity contribution in [2.24, 2.45) is 5.73 Å². The van der Waals surface area contributed by atoms with Crippen molar-refractivity contribution in [3.05, 3.63) is 12.7 Å². The van der Waals surface area contributed by atoms with Crippen LogP contribution in [0.3, 0.4) is 0 Å². The molecule has 3 rings (SSSR count). The van der Waals surface area contributed by atoms with E-state index in [-0.39, 0.29) is 12.3 Å². The van der Waals surface area contributed by atoms with E-state index >= 15 is 0 Å². The Morgan fingerprint density at radius 1 is 1.32 bits per heavy atom. The molecule has 0 saturated carbocycles. The fourth-order valence-electron chi connectivity index (χ4n) is 2.75. The Labute approximate surface area is 142 Å². The van der Waals surface area contributed by atoms with Crippen molar-refractivity contribution in [3.8, 4) is 0 Å². The molecule has 25 heavy (non-hydrogen) atoms.